The molecule has 0 amide bonds. The molecular formula is C9H10Cl2NO2+. The lowest BCUT2D eigenvalue weighted by Gasteiger charge is -1.96. The topological polar surface area (TPSA) is 29.3 Å². The summed E-state index contributed by atoms with van der Waals surface area (Å²) in [6.07, 6.45) is 3.90. The number of para-hydroxylation sites is 1. The van der Waals surface area contributed by atoms with Crippen LogP contribution in [0, 0.1) is 4.91 Å². The summed E-state index contributed by atoms with van der Waals surface area (Å²) >= 11 is 0. The third kappa shape index (κ3) is 2.72. The zero-order valence-corrected chi connectivity index (χ0v) is 8.88. The highest BCUT2D eigenvalue weighted by molar-refractivity contribution is 5.85. The van der Waals surface area contributed by atoms with Crippen molar-refractivity contribution in [2.24, 2.45) is 0 Å². The number of hydrogen-bond acceptors (Lipinski definition) is 2. The summed E-state index contributed by atoms with van der Waals surface area (Å²) in [5.74, 6) is 0.637. The van der Waals surface area contributed by atoms with Gasteiger partial charge in [0.25, 0.3) is 11.1 Å². The molecule has 5 heteroatoms. The molecule has 0 saturated heterocycles. The summed E-state index contributed by atoms with van der Waals surface area (Å²) in [5, 5.41) is 0. The van der Waals surface area contributed by atoms with Crippen LogP contribution in [0.1, 0.15) is 5.56 Å². The molecule has 76 valence electrons. The van der Waals surface area contributed by atoms with Crippen molar-refractivity contribution in [1.29, 1.82) is 0 Å². The highest BCUT2D eigenvalue weighted by Crippen LogP contribution is 2.20. The molecule has 0 radical (unpaired) electrons. The van der Waals surface area contributed by atoms with E-state index in [1.165, 1.54) is 6.20 Å². The number of nitrogens with zero attached hydrogens (tertiary/aromatic N) is 1. The van der Waals surface area contributed by atoms with E-state index in [1.807, 2.05) is 18.2 Å². The molecule has 0 unspecified atom stereocenters. The van der Waals surface area contributed by atoms with Crippen LogP contribution < -0.4 is 4.84 Å². The molecule has 0 bridgehead atoms. The summed E-state index contributed by atoms with van der Waals surface area (Å²) in [4.78, 5) is 16.3. The van der Waals surface area contributed by atoms with Crippen LogP contribution in [-0.4, -0.2) is 4.92 Å². The molecular weight excluding hydrogens is 225 g/mol. The average molecular weight is 235 g/mol. The van der Waals surface area contributed by atoms with Crippen LogP contribution in [0.15, 0.2) is 36.5 Å². The number of allylic oxidation sites excluding steroid dienone is 1. The highest BCUT2D eigenvalue weighted by Gasteiger charge is 2.14. The normalized spacial score (nSPS) is 12.7. The van der Waals surface area contributed by atoms with Gasteiger partial charge in [0.15, 0.2) is 0 Å². The second-order valence-corrected chi connectivity index (χ2v) is 2.57. The van der Waals surface area contributed by atoms with Crippen molar-refractivity contribution in [3.8, 4) is 5.75 Å². The van der Waals surface area contributed by atoms with Crippen molar-refractivity contribution in [3.63, 3.8) is 0 Å². The first-order valence-electron chi connectivity index (χ1n) is 3.75. The fraction of sp³-hybridized carbons (Fsp3) is 0.111. The van der Waals surface area contributed by atoms with E-state index < -0.39 is 0 Å². The van der Waals surface area contributed by atoms with E-state index in [0.717, 1.165) is 12.0 Å². The highest BCUT2D eigenvalue weighted by atomic mass is 35.5. The molecule has 3 nitrogen and oxygen atoms in total. The maximum absolute atomic E-state index is 10.9. The third-order valence-corrected chi connectivity index (χ3v) is 1.73. The van der Waals surface area contributed by atoms with E-state index in [0.29, 0.717) is 10.7 Å². The van der Waals surface area contributed by atoms with Gasteiger partial charge in [-0.2, -0.15) is 4.84 Å². The molecule has 2 rings (SSSR count). The molecule has 0 fully saturated rings. The maximum atomic E-state index is 10.9. The van der Waals surface area contributed by atoms with E-state index in [1.54, 1.807) is 12.1 Å². The molecule has 0 atom stereocenters. The summed E-state index contributed by atoms with van der Waals surface area (Å²) in [6.45, 7) is 0. The molecule has 1 heterocycles. The average Bonchev–Trinajstić information content (AvgIpc) is 2.25. The molecule has 14 heavy (non-hydrogen) atoms. The number of benzene rings is 1. The van der Waals surface area contributed by atoms with Gasteiger partial charge in [0.1, 0.15) is 0 Å². The van der Waals surface area contributed by atoms with E-state index >= 15 is 0 Å². The molecule has 0 aromatic heterocycles. The molecule has 1 aromatic carbocycles. The lowest BCUT2D eigenvalue weighted by molar-refractivity contribution is -0.709. The Morgan fingerprint density at radius 3 is 2.71 bits per heavy atom. The smallest absolute Gasteiger partial charge is 0.186 e. The van der Waals surface area contributed by atoms with Crippen LogP contribution in [0.2, 0.25) is 0 Å². The summed E-state index contributed by atoms with van der Waals surface area (Å²) in [6, 6.07) is 7.50. The maximum Gasteiger partial charge on any atom is 0.278 e. The zero-order valence-electron chi connectivity index (χ0n) is 7.25. The first-order valence-corrected chi connectivity index (χ1v) is 3.75. The lowest BCUT2D eigenvalue weighted by atomic mass is 10.1. The molecule has 0 saturated carbocycles. The molecule has 0 aliphatic carbocycles. The van der Waals surface area contributed by atoms with Gasteiger partial charge < -0.3 is 0 Å². The van der Waals surface area contributed by atoms with Gasteiger partial charge in [0.05, 0.1) is 4.91 Å². The number of rotatable bonds is 0. The van der Waals surface area contributed by atoms with Gasteiger partial charge in [0, 0.05) is 12.0 Å². The Hall–Kier alpha value is -1.06. The Morgan fingerprint density at radius 2 is 1.93 bits per heavy atom. The fourth-order valence-electron chi connectivity index (χ4n) is 1.15. The number of halogens is 2. The van der Waals surface area contributed by atoms with Crippen molar-refractivity contribution >= 4 is 24.8 Å². The standard InChI is InChI=1S/C9H8NO2.2ClH/c11-10-7-3-5-8-4-1-2-6-9(8)12-10;;/h1-4,6-7H,5H2;2*1H/q+1;;. The van der Waals surface area contributed by atoms with Crippen LogP contribution in [0.5, 0.6) is 5.75 Å². The van der Waals surface area contributed by atoms with Gasteiger partial charge in [-0.1, -0.05) is 18.2 Å². The largest absolute Gasteiger partial charge is 0.278 e. The summed E-state index contributed by atoms with van der Waals surface area (Å²) in [5.41, 5.74) is 1.03. The molecule has 1 aliphatic rings. The first kappa shape index (κ1) is 12.9. The van der Waals surface area contributed by atoms with E-state index in [2.05, 4.69) is 0 Å². The second kappa shape index (κ2) is 5.62. The molecule has 1 aliphatic heterocycles. The summed E-state index contributed by atoms with van der Waals surface area (Å²) < 4.78 is 0. The Balaban J connectivity index is 0.000000845. The molecule has 1 aromatic rings. The van der Waals surface area contributed by atoms with Crippen LogP contribution >= 0.6 is 24.8 Å². The van der Waals surface area contributed by atoms with Crippen molar-refractivity contribution < 1.29 is 9.76 Å². The minimum absolute atomic E-state index is 0. The Labute approximate surface area is 94.1 Å². The van der Waals surface area contributed by atoms with Gasteiger partial charge in [-0.25, -0.2) is 0 Å². The monoisotopic (exact) mass is 234 g/mol. The van der Waals surface area contributed by atoms with Gasteiger partial charge >= 0.3 is 0 Å². The quantitative estimate of drug-likeness (QED) is 0.691. The number of hydrogen-bond donors (Lipinski definition) is 0. The second-order valence-electron chi connectivity index (χ2n) is 2.57. The van der Waals surface area contributed by atoms with Gasteiger partial charge in [-0.3, -0.25) is 0 Å². The van der Waals surface area contributed by atoms with Gasteiger partial charge in [0.2, 0.25) is 5.75 Å². The molecule has 0 N–H and O–H groups in total. The Kier molecular flexibility index (Phi) is 5.20. The van der Waals surface area contributed by atoms with E-state index in [9.17, 15) is 4.91 Å². The predicted molar refractivity (Wildman–Crippen MR) is 58.0 cm³/mol. The van der Waals surface area contributed by atoms with Crippen molar-refractivity contribution in [2.45, 2.75) is 6.42 Å². The predicted octanol–water partition coefficient (Wildman–Crippen LogP) is 2.67. The fourth-order valence-corrected chi connectivity index (χ4v) is 1.15. The minimum Gasteiger partial charge on any atom is -0.186 e. The van der Waals surface area contributed by atoms with E-state index in [-0.39, 0.29) is 24.8 Å². The van der Waals surface area contributed by atoms with Crippen molar-refractivity contribution in [1.82, 2.24) is 0 Å². The number of fused-ring (bicyclic) bond motifs is 1. The SMILES string of the molecule is Cl.Cl.O=[N+]1C=CCc2ccccc2O1. The lowest BCUT2D eigenvalue weighted by Crippen LogP contribution is -2.03. The van der Waals surface area contributed by atoms with Gasteiger partial charge in [-0.15, -0.1) is 24.8 Å². The minimum atomic E-state index is 0. The Morgan fingerprint density at radius 1 is 1.21 bits per heavy atom. The van der Waals surface area contributed by atoms with E-state index in [4.69, 9.17) is 4.84 Å². The van der Waals surface area contributed by atoms with Crippen molar-refractivity contribution in [2.75, 3.05) is 0 Å². The third-order valence-electron chi connectivity index (χ3n) is 1.73. The summed E-state index contributed by atoms with van der Waals surface area (Å²) in [7, 11) is 0. The Bertz CT molecular complexity index is 352. The van der Waals surface area contributed by atoms with Crippen LogP contribution in [0.4, 0.5) is 0 Å². The van der Waals surface area contributed by atoms with Crippen LogP contribution in [0.25, 0.3) is 0 Å². The molecule has 0 spiro atoms. The first-order chi connectivity index (χ1) is 5.86. The van der Waals surface area contributed by atoms with Crippen LogP contribution in [-0.2, 0) is 6.42 Å². The zero-order chi connectivity index (χ0) is 8.39. The van der Waals surface area contributed by atoms with Gasteiger partial charge in [-0.05, 0) is 12.1 Å². The van der Waals surface area contributed by atoms with Crippen LogP contribution in [0.3, 0.4) is 0 Å². The van der Waals surface area contributed by atoms with Crippen molar-refractivity contribution in [3.05, 3.63) is 47.0 Å².